The first-order valence-corrected chi connectivity index (χ1v) is 7.99. The maximum atomic E-state index is 13.2. The number of carbonyl (C=O) groups is 2. The van der Waals surface area contributed by atoms with Gasteiger partial charge in [0, 0.05) is 11.5 Å². The van der Waals surface area contributed by atoms with E-state index < -0.39 is 11.6 Å². The van der Waals surface area contributed by atoms with E-state index in [0.29, 0.717) is 13.2 Å². The molecule has 0 N–H and O–H groups in total. The van der Waals surface area contributed by atoms with Gasteiger partial charge in [-0.1, -0.05) is 37.3 Å². The fourth-order valence-corrected chi connectivity index (χ4v) is 3.38. The number of amides is 1. The van der Waals surface area contributed by atoms with Gasteiger partial charge in [0.25, 0.3) is 5.91 Å². The van der Waals surface area contributed by atoms with Crippen molar-refractivity contribution in [2.75, 3.05) is 24.7 Å². The molecule has 1 aromatic carbocycles. The van der Waals surface area contributed by atoms with Crippen LogP contribution in [0.3, 0.4) is 0 Å². The van der Waals surface area contributed by atoms with Crippen LogP contribution < -0.4 is 4.90 Å². The van der Waals surface area contributed by atoms with Gasteiger partial charge in [0.1, 0.15) is 6.54 Å². The Kier molecular flexibility index (Phi) is 4.22. The van der Waals surface area contributed by atoms with Gasteiger partial charge in [-0.05, 0) is 19.4 Å². The maximum Gasteiger partial charge on any atom is 0.326 e. The summed E-state index contributed by atoms with van der Waals surface area (Å²) in [5, 5.41) is 0. The first kappa shape index (κ1) is 15.7. The summed E-state index contributed by atoms with van der Waals surface area (Å²) in [6, 6.07) is 7.52. The number of hydrogen-bond donors (Lipinski definition) is 0. The maximum absolute atomic E-state index is 13.2. The van der Waals surface area contributed by atoms with Gasteiger partial charge in [-0.3, -0.25) is 14.5 Å². The van der Waals surface area contributed by atoms with Crippen molar-refractivity contribution in [3.05, 3.63) is 42.0 Å². The molecule has 122 valence electrons. The molecule has 0 radical (unpaired) electrons. The lowest BCUT2D eigenvalue weighted by atomic mass is 9.83. The Morgan fingerprint density at radius 1 is 1.43 bits per heavy atom. The van der Waals surface area contributed by atoms with E-state index in [2.05, 4.69) is 0 Å². The quantitative estimate of drug-likeness (QED) is 0.635. The molecular formula is C18H21NO4. The Morgan fingerprint density at radius 3 is 3.00 bits per heavy atom. The van der Waals surface area contributed by atoms with Crippen molar-refractivity contribution in [2.45, 2.75) is 25.9 Å². The molecule has 1 spiro atoms. The summed E-state index contributed by atoms with van der Waals surface area (Å²) in [6.45, 7) is 4.41. The number of anilines is 1. The average Bonchev–Trinajstić information content (AvgIpc) is 2.67. The smallest absolute Gasteiger partial charge is 0.326 e. The third-order valence-electron chi connectivity index (χ3n) is 4.43. The Hall–Kier alpha value is -2.14. The highest BCUT2D eigenvalue weighted by Gasteiger charge is 2.55. The van der Waals surface area contributed by atoms with Crippen molar-refractivity contribution in [2.24, 2.45) is 5.92 Å². The van der Waals surface area contributed by atoms with Crippen molar-refractivity contribution in [1.82, 2.24) is 0 Å². The number of fused-ring (bicyclic) bond motifs is 2. The standard InChI is InChI=1S/C18H21NO4/c1-3-22-16(20)12-19-15-10-5-4-9-14(15)18(17(19)21)13(2)8-6-7-11-23-18/h4-6,8-10,13H,3,7,11-12H2,1-2H3/t13-,18+/m0/s1. The summed E-state index contributed by atoms with van der Waals surface area (Å²) in [5.74, 6) is -0.707. The molecule has 5 nitrogen and oxygen atoms in total. The first-order chi connectivity index (χ1) is 11.1. The summed E-state index contributed by atoms with van der Waals surface area (Å²) in [7, 11) is 0. The van der Waals surface area contributed by atoms with Crippen molar-refractivity contribution in [1.29, 1.82) is 0 Å². The van der Waals surface area contributed by atoms with E-state index >= 15 is 0 Å². The fourth-order valence-electron chi connectivity index (χ4n) is 3.38. The van der Waals surface area contributed by atoms with Crippen molar-refractivity contribution in [3.8, 4) is 0 Å². The highest BCUT2D eigenvalue weighted by Crippen LogP contribution is 2.48. The summed E-state index contributed by atoms with van der Waals surface area (Å²) in [4.78, 5) is 26.6. The molecule has 23 heavy (non-hydrogen) atoms. The van der Waals surface area contributed by atoms with Crippen LogP contribution in [-0.2, 0) is 24.7 Å². The molecular weight excluding hydrogens is 294 g/mol. The molecule has 2 heterocycles. The minimum Gasteiger partial charge on any atom is -0.465 e. The average molecular weight is 315 g/mol. The number of esters is 1. The molecule has 0 saturated carbocycles. The number of rotatable bonds is 3. The van der Waals surface area contributed by atoms with E-state index in [1.807, 2.05) is 43.3 Å². The van der Waals surface area contributed by atoms with E-state index in [9.17, 15) is 9.59 Å². The lowest BCUT2D eigenvalue weighted by molar-refractivity contribution is -0.151. The van der Waals surface area contributed by atoms with Gasteiger partial charge in [0.2, 0.25) is 0 Å². The second-order valence-electron chi connectivity index (χ2n) is 5.80. The number of para-hydroxylation sites is 1. The predicted molar refractivity (Wildman–Crippen MR) is 86.0 cm³/mol. The fraction of sp³-hybridized carbons (Fsp3) is 0.444. The van der Waals surface area contributed by atoms with Crippen LogP contribution in [0.2, 0.25) is 0 Å². The molecule has 2 aliphatic rings. The van der Waals surface area contributed by atoms with Crippen molar-refractivity contribution in [3.63, 3.8) is 0 Å². The second-order valence-corrected chi connectivity index (χ2v) is 5.80. The lowest BCUT2D eigenvalue weighted by Gasteiger charge is -2.32. The number of ether oxygens (including phenoxy) is 2. The van der Waals surface area contributed by atoms with Gasteiger partial charge in [-0.2, -0.15) is 0 Å². The van der Waals surface area contributed by atoms with Gasteiger partial charge in [0.05, 0.1) is 18.9 Å². The molecule has 2 atom stereocenters. The Morgan fingerprint density at radius 2 is 2.22 bits per heavy atom. The highest BCUT2D eigenvalue weighted by molar-refractivity contribution is 6.09. The Balaban J connectivity index is 2.04. The molecule has 0 saturated heterocycles. The van der Waals surface area contributed by atoms with Crippen LogP contribution >= 0.6 is 0 Å². The molecule has 0 unspecified atom stereocenters. The van der Waals surface area contributed by atoms with Crippen LogP contribution in [0.5, 0.6) is 0 Å². The minimum atomic E-state index is -1.05. The molecule has 3 rings (SSSR count). The third kappa shape index (κ3) is 2.45. The summed E-state index contributed by atoms with van der Waals surface area (Å²) >= 11 is 0. The zero-order valence-corrected chi connectivity index (χ0v) is 13.5. The first-order valence-electron chi connectivity index (χ1n) is 7.99. The molecule has 1 aromatic rings. The normalized spacial score (nSPS) is 26.3. The molecule has 0 aliphatic carbocycles. The summed E-state index contributed by atoms with van der Waals surface area (Å²) in [6.07, 6.45) is 4.85. The van der Waals surface area contributed by atoms with Crippen LogP contribution in [0.25, 0.3) is 0 Å². The van der Waals surface area contributed by atoms with E-state index in [1.165, 1.54) is 4.90 Å². The molecule has 0 fully saturated rings. The number of carbonyl (C=O) groups excluding carboxylic acids is 2. The SMILES string of the molecule is CCOC(=O)CN1C(=O)[C@]2(OCCC=C[C@@H]2C)c2ccccc21. The molecule has 2 aliphatic heterocycles. The second kappa shape index (κ2) is 6.16. The predicted octanol–water partition coefficient (Wildman–Crippen LogP) is 2.40. The van der Waals surface area contributed by atoms with E-state index in [0.717, 1.165) is 17.7 Å². The lowest BCUT2D eigenvalue weighted by Crippen LogP contribution is -2.47. The van der Waals surface area contributed by atoms with Gasteiger partial charge >= 0.3 is 5.97 Å². The minimum absolute atomic E-state index is 0.0920. The van der Waals surface area contributed by atoms with Gasteiger partial charge in [-0.15, -0.1) is 0 Å². The Bertz CT molecular complexity index is 654. The van der Waals surface area contributed by atoms with Crippen LogP contribution in [0.15, 0.2) is 36.4 Å². The zero-order chi connectivity index (χ0) is 16.4. The topological polar surface area (TPSA) is 55.8 Å². The van der Waals surface area contributed by atoms with Gasteiger partial charge in [0.15, 0.2) is 5.60 Å². The Labute approximate surface area is 135 Å². The van der Waals surface area contributed by atoms with Crippen molar-refractivity contribution >= 4 is 17.6 Å². The summed E-state index contributed by atoms with van der Waals surface area (Å²) < 4.78 is 11.1. The number of hydrogen-bond acceptors (Lipinski definition) is 4. The van der Waals surface area contributed by atoms with Crippen LogP contribution in [0.1, 0.15) is 25.8 Å². The van der Waals surface area contributed by atoms with E-state index in [-0.39, 0.29) is 18.4 Å². The monoisotopic (exact) mass is 315 g/mol. The van der Waals surface area contributed by atoms with Crippen LogP contribution in [0, 0.1) is 5.92 Å². The third-order valence-corrected chi connectivity index (χ3v) is 4.43. The summed E-state index contributed by atoms with van der Waals surface area (Å²) in [5.41, 5.74) is 0.511. The van der Waals surface area contributed by atoms with Crippen LogP contribution in [-0.4, -0.2) is 31.6 Å². The number of benzene rings is 1. The zero-order valence-electron chi connectivity index (χ0n) is 13.5. The largest absolute Gasteiger partial charge is 0.465 e. The molecule has 0 aromatic heterocycles. The van der Waals surface area contributed by atoms with Crippen LogP contribution in [0.4, 0.5) is 5.69 Å². The van der Waals surface area contributed by atoms with Crippen molar-refractivity contribution < 1.29 is 19.1 Å². The van der Waals surface area contributed by atoms with Gasteiger partial charge < -0.3 is 9.47 Å². The molecule has 5 heteroatoms. The molecule has 1 amide bonds. The highest BCUT2D eigenvalue weighted by atomic mass is 16.5. The van der Waals surface area contributed by atoms with Gasteiger partial charge in [-0.25, -0.2) is 0 Å². The van der Waals surface area contributed by atoms with E-state index in [4.69, 9.17) is 9.47 Å². The molecule has 0 bridgehead atoms. The van der Waals surface area contributed by atoms with E-state index in [1.54, 1.807) is 6.92 Å². The number of nitrogens with zero attached hydrogens (tertiary/aromatic N) is 1.